The van der Waals surface area contributed by atoms with E-state index in [1.54, 1.807) is 26.0 Å². The van der Waals surface area contributed by atoms with Gasteiger partial charge in [-0.3, -0.25) is 19.8 Å². The molecule has 3 amide bonds. The van der Waals surface area contributed by atoms with Crippen LogP contribution in [0.15, 0.2) is 60.7 Å². The van der Waals surface area contributed by atoms with Crippen LogP contribution in [0.5, 0.6) is 0 Å². The fourth-order valence-electron chi connectivity index (χ4n) is 3.62. The van der Waals surface area contributed by atoms with Crippen LogP contribution in [0.3, 0.4) is 0 Å². The zero-order valence-corrected chi connectivity index (χ0v) is 20.3. The van der Waals surface area contributed by atoms with Gasteiger partial charge in [0, 0.05) is 0 Å². The molecule has 0 saturated carbocycles. The molecule has 0 radical (unpaired) electrons. The van der Waals surface area contributed by atoms with Gasteiger partial charge in [0.25, 0.3) is 11.8 Å². The molecule has 3 atom stereocenters. The Kier molecular flexibility index (Phi) is 9.40. The number of rotatable bonds is 11. The first-order chi connectivity index (χ1) is 17.2. The molecule has 3 unspecified atom stereocenters. The van der Waals surface area contributed by atoms with E-state index in [9.17, 15) is 24.3 Å². The second-order valence-electron chi connectivity index (χ2n) is 8.84. The lowest BCUT2D eigenvalue weighted by molar-refractivity contribution is -0.151. The number of carboxylic acids is 1. The van der Waals surface area contributed by atoms with E-state index in [2.05, 4.69) is 10.7 Å². The summed E-state index contributed by atoms with van der Waals surface area (Å²) in [4.78, 5) is 49.4. The van der Waals surface area contributed by atoms with Crippen molar-refractivity contribution in [2.24, 2.45) is 5.92 Å². The lowest BCUT2D eigenvalue weighted by Crippen LogP contribution is -2.57. The number of alkyl carbamates (subject to hydrolysis) is 1. The van der Waals surface area contributed by atoms with E-state index in [0.717, 1.165) is 16.1 Å². The van der Waals surface area contributed by atoms with Crippen LogP contribution in [-0.2, 0) is 36.9 Å². The normalized spacial score (nSPS) is 17.1. The van der Waals surface area contributed by atoms with Gasteiger partial charge >= 0.3 is 12.1 Å². The number of hydrazine groups is 1. The highest BCUT2D eigenvalue weighted by Crippen LogP contribution is 2.28. The van der Waals surface area contributed by atoms with Crippen LogP contribution in [-0.4, -0.2) is 58.8 Å². The molecule has 10 nitrogen and oxygen atoms in total. The first-order valence-corrected chi connectivity index (χ1v) is 11.7. The molecule has 0 aliphatic carbocycles. The van der Waals surface area contributed by atoms with Crippen LogP contribution in [0.1, 0.15) is 31.4 Å². The first-order valence-electron chi connectivity index (χ1n) is 11.7. The molecular formula is C26H31N3O7. The molecule has 10 heteroatoms. The van der Waals surface area contributed by atoms with Gasteiger partial charge in [0.05, 0.1) is 6.10 Å². The zero-order valence-electron chi connectivity index (χ0n) is 20.3. The number of carbonyl (C=O) groups excluding carboxylic acids is 3. The van der Waals surface area contributed by atoms with Gasteiger partial charge in [-0.15, -0.1) is 0 Å². The van der Waals surface area contributed by atoms with Gasteiger partial charge in [-0.2, -0.15) is 0 Å². The van der Waals surface area contributed by atoms with Crippen LogP contribution in [0.4, 0.5) is 4.79 Å². The maximum Gasteiger partial charge on any atom is 0.408 e. The van der Waals surface area contributed by atoms with E-state index >= 15 is 0 Å². The summed E-state index contributed by atoms with van der Waals surface area (Å²) in [5, 5.41) is 12.5. The first kappa shape index (κ1) is 26.7. The number of hydrogen-bond donors (Lipinski definition) is 3. The topological polar surface area (TPSA) is 138 Å². The summed E-state index contributed by atoms with van der Waals surface area (Å²) in [7, 11) is 0. The third kappa shape index (κ3) is 8.09. The van der Waals surface area contributed by atoms with Crippen molar-refractivity contribution < 1.29 is 33.8 Å². The fourth-order valence-corrected chi connectivity index (χ4v) is 3.62. The van der Waals surface area contributed by atoms with Crippen molar-refractivity contribution in [1.29, 1.82) is 0 Å². The monoisotopic (exact) mass is 497 g/mol. The maximum absolute atomic E-state index is 12.9. The van der Waals surface area contributed by atoms with Gasteiger partial charge in [-0.25, -0.2) is 9.80 Å². The SMILES string of the molecule is CC(C)C(NC(=O)OCc1ccccc1)C(=O)NN(CC(=O)O)C(=O)C1OC1CCc1ccccc1. The van der Waals surface area contributed by atoms with Gasteiger partial charge in [-0.1, -0.05) is 74.5 Å². The third-order valence-corrected chi connectivity index (χ3v) is 5.63. The molecule has 1 saturated heterocycles. The van der Waals surface area contributed by atoms with Crippen molar-refractivity contribution in [1.82, 2.24) is 15.8 Å². The molecule has 0 aromatic heterocycles. The van der Waals surface area contributed by atoms with E-state index in [0.29, 0.717) is 12.8 Å². The van der Waals surface area contributed by atoms with Crippen molar-refractivity contribution in [3.63, 3.8) is 0 Å². The van der Waals surface area contributed by atoms with Gasteiger partial charge in [0.1, 0.15) is 19.2 Å². The summed E-state index contributed by atoms with van der Waals surface area (Å²) < 4.78 is 10.6. The minimum atomic E-state index is -1.30. The second kappa shape index (κ2) is 12.7. The lowest BCUT2D eigenvalue weighted by Gasteiger charge is -2.26. The average molecular weight is 498 g/mol. The molecule has 3 N–H and O–H groups in total. The molecule has 1 fully saturated rings. The molecular weight excluding hydrogens is 466 g/mol. The van der Waals surface area contributed by atoms with Crippen LogP contribution in [0, 0.1) is 5.92 Å². The van der Waals surface area contributed by atoms with Gasteiger partial charge in [0.2, 0.25) is 0 Å². The Morgan fingerprint density at radius 1 is 1.00 bits per heavy atom. The number of ether oxygens (including phenoxy) is 2. The summed E-state index contributed by atoms with van der Waals surface area (Å²) in [5.74, 6) is -3.07. The molecule has 36 heavy (non-hydrogen) atoms. The summed E-state index contributed by atoms with van der Waals surface area (Å²) in [6.07, 6.45) is -0.730. The van der Waals surface area contributed by atoms with Crippen molar-refractivity contribution >= 4 is 23.9 Å². The number of nitrogens with zero attached hydrogens (tertiary/aromatic N) is 1. The van der Waals surface area contributed by atoms with E-state index < -0.39 is 42.6 Å². The van der Waals surface area contributed by atoms with Gasteiger partial charge in [0.15, 0.2) is 6.10 Å². The van der Waals surface area contributed by atoms with E-state index in [4.69, 9.17) is 9.47 Å². The molecule has 192 valence electrons. The molecule has 3 rings (SSSR count). The van der Waals surface area contributed by atoms with E-state index in [-0.39, 0.29) is 18.6 Å². The number of amides is 3. The molecule has 0 bridgehead atoms. The van der Waals surface area contributed by atoms with Crippen LogP contribution in [0.2, 0.25) is 0 Å². The molecule has 0 spiro atoms. The van der Waals surface area contributed by atoms with Crippen molar-refractivity contribution in [2.45, 2.75) is 51.5 Å². The largest absolute Gasteiger partial charge is 0.480 e. The van der Waals surface area contributed by atoms with Crippen LogP contribution < -0.4 is 10.7 Å². The number of aryl methyl sites for hydroxylation is 1. The Morgan fingerprint density at radius 2 is 1.61 bits per heavy atom. The zero-order chi connectivity index (χ0) is 26.1. The highest BCUT2D eigenvalue weighted by molar-refractivity contribution is 5.91. The van der Waals surface area contributed by atoms with Gasteiger partial charge < -0.3 is 19.9 Å². The number of carbonyl (C=O) groups is 4. The van der Waals surface area contributed by atoms with E-state index in [1.807, 2.05) is 48.5 Å². The Bertz CT molecular complexity index is 1050. The Balaban J connectivity index is 1.55. The molecule has 1 aliphatic rings. The highest BCUT2D eigenvalue weighted by atomic mass is 16.6. The highest BCUT2D eigenvalue weighted by Gasteiger charge is 2.47. The summed E-state index contributed by atoms with van der Waals surface area (Å²) in [6, 6.07) is 17.7. The standard InChI is InChI=1S/C26H31N3O7/c1-17(2)22(27-26(34)35-16-19-11-7-4-8-12-19)24(32)28-29(15-21(30)31)25(33)23-20(36-23)14-13-18-9-5-3-6-10-18/h3-12,17,20,22-23H,13-16H2,1-2H3,(H,27,34)(H,28,32)(H,30,31). The second-order valence-corrected chi connectivity index (χ2v) is 8.84. The fraction of sp³-hybridized carbons (Fsp3) is 0.385. The summed E-state index contributed by atoms with van der Waals surface area (Å²) >= 11 is 0. The number of nitrogens with one attached hydrogen (secondary N) is 2. The van der Waals surface area contributed by atoms with Crippen LogP contribution in [0.25, 0.3) is 0 Å². The number of carboxylic acid groups (broad SMARTS) is 1. The lowest BCUT2D eigenvalue weighted by atomic mass is 10.0. The Morgan fingerprint density at radius 3 is 2.19 bits per heavy atom. The van der Waals surface area contributed by atoms with Gasteiger partial charge in [-0.05, 0) is 29.9 Å². The summed E-state index contributed by atoms with van der Waals surface area (Å²) in [6.45, 7) is 2.68. The minimum absolute atomic E-state index is 0.0200. The van der Waals surface area contributed by atoms with Crippen molar-refractivity contribution in [2.75, 3.05) is 6.54 Å². The number of aliphatic carboxylic acids is 1. The average Bonchev–Trinajstić information content (AvgIpc) is 3.64. The molecule has 1 aliphatic heterocycles. The maximum atomic E-state index is 12.9. The molecule has 2 aromatic rings. The predicted molar refractivity (Wildman–Crippen MR) is 129 cm³/mol. The van der Waals surface area contributed by atoms with Crippen molar-refractivity contribution in [3.05, 3.63) is 71.8 Å². The smallest absolute Gasteiger partial charge is 0.408 e. The molecule has 2 aromatic carbocycles. The Hall–Kier alpha value is -3.92. The summed E-state index contributed by atoms with van der Waals surface area (Å²) in [5.41, 5.74) is 4.22. The van der Waals surface area contributed by atoms with E-state index in [1.165, 1.54) is 0 Å². The molecule has 1 heterocycles. The number of epoxide rings is 1. The minimum Gasteiger partial charge on any atom is -0.480 e. The third-order valence-electron chi connectivity index (χ3n) is 5.63. The Labute approximate surface area is 209 Å². The number of hydrogen-bond acceptors (Lipinski definition) is 6. The number of benzene rings is 2. The predicted octanol–water partition coefficient (Wildman–Crippen LogP) is 2.28. The quantitative estimate of drug-likeness (QED) is 0.320. The van der Waals surface area contributed by atoms with Crippen LogP contribution >= 0.6 is 0 Å². The van der Waals surface area contributed by atoms with Crippen molar-refractivity contribution in [3.8, 4) is 0 Å².